The van der Waals surface area contributed by atoms with Crippen molar-refractivity contribution in [1.82, 2.24) is 20.4 Å². The van der Waals surface area contributed by atoms with Crippen LogP contribution in [0.4, 0.5) is 0 Å². The SMILES string of the molecule is CC(C)N[C@H]1CN(C(C)C)CC1OC[C@H]1CN(C(C)C)C[C@@H]1NC(C)C. The zero-order chi connectivity index (χ0) is 19.4. The van der Waals surface area contributed by atoms with Gasteiger partial charge in [-0.05, 0) is 27.7 Å². The van der Waals surface area contributed by atoms with Crippen molar-refractivity contribution in [3.63, 3.8) is 0 Å². The number of likely N-dealkylation sites (tertiary alicyclic amines) is 2. The molecule has 0 aromatic heterocycles. The third-order valence-electron chi connectivity index (χ3n) is 5.84. The predicted octanol–water partition coefficient (Wildman–Crippen LogP) is 2.17. The third kappa shape index (κ3) is 6.16. The molecule has 0 amide bonds. The van der Waals surface area contributed by atoms with E-state index in [0.29, 0.717) is 48.3 Å². The quantitative estimate of drug-likeness (QED) is 0.653. The Balaban J connectivity index is 1.94. The monoisotopic (exact) mass is 368 g/mol. The van der Waals surface area contributed by atoms with Gasteiger partial charge in [0.15, 0.2) is 0 Å². The van der Waals surface area contributed by atoms with Gasteiger partial charge in [0.05, 0.1) is 12.7 Å². The number of nitrogens with zero attached hydrogens (tertiary/aromatic N) is 2. The van der Waals surface area contributed by atoms with Gasteiger partial charge in [0.2, 0.25) is 0 Å². The average molecular weight is 369 g/mol. The highest BCUT2D eigenvalue weighted by molar-refractivity contribution is 4.95. The zero-order valence-corrected chi connectivity index (χ0v) is 18.5. The van der Waals surface area contributed by atoms with Gasteiger partial charge in [-0.3, -0.25) is 9.80 Å². The lowest BCUT2D eigenvalue weighted by Crippen LogP contribution is -2.46. The fraction of sp³-hybridized carbons (Fsp3) is 1.00. The highest BCUT2D eigenvalue weighted by Gasteiger charge is 2.38. The molecule has 2 aliphatic heterocycles. The highest BCUT2D eigenvalue weighted by atomic mass is 16.5. The Kier molecular flexibility index (Phi) is 8.35. The van der Waals surface area contributed by atoms with Crippen molar-refractivity contribution in [3.05, 3.63) is 0 Å². The highest BCUT2D eigenvalue weighted by Crippen LogP contribution is 2.23. The summed E-state index contributed by atoms with van der Waals surface area (Å²) in [4.78, 5) is 5.14. The van der Waals surface area contributed by atoms with Gasteiger partial charge >= 0.3 is 0 Å². The fourth-order valence-corrected chi connectivity index (χ4v) is 4.34. The van der Waals surface area contributed by atoms with Gasteiger partial charge in [-0.25, -0.2) is 0 Å². The first-order chi connectivity index (χ1) is 12.2. The van der Waals surface area contributed by atoms with E-state index in [1.165, 1.54) is 0 Å². The Labute approximate surface area is 162 Å². The van der Waals surface area contributed by atoms with Crippen LogP contribution in [0.15, 0.2) is 0 Å². The molecule has 0 bridgehead atoms. The summed E-state index contributed by atoms with van der Waals surface area (Å²) < 4.78 is 6.55. The molecule has 5 nitrogen and oxygen atoms in total. The topological polar surface area (TPSA) is 39.8 Å². The van der Waals surface area contributed by atoms with Crippen LogP contribution in [0.1, 0.15) is 55.4 Å². The minimum Gasteiger partial charge on any atom is -0.375 e. The molecule has 0 aromatic carbocycles. The minimum absolute atomic E-state index is 0.299. The van der Waals surface area contributed by atoms with Crippen molar-refractivity contribution in [3.8, 4) is 0 Å². The van der Waals surface area contributed by atoms with Gasteiger partial charge in [-0.2, -0.15) is 0 Å². The van der Waals surface area contributed by atoms with E-state index < -0.39 is 0 Å². The molecule has 4 atom stereocenters. The number of nitrogens with one attached hydrogen (secondary N) is 2. The Morgan fingerprint density at radius 2 is 1.23 bits per heavy atom. The van der Waals surface area contributed by atoms with E-state index in [-0.39, 0.29) is 0 Å². The molecule has 2 fully saturated rings. The number of rotatable bonds is 9. The molecule has 2 aliphatic rings. The van der Waals surface area contributed by atoms with E-state index in [4.69, 9.17) is 4.74 Å². The zero-order valence-electron chi connectivity index (χ0n) is 18.5. The van der Waals surface area contributed by atoms with Gasteiger partial charge in [0.25, 0.3) is 0 Å². The summed E-state index contributed by atoms with van der Waals surface area (Å²) >= 11 is 0. The standard InChI is InChI=1S/C21H44N4O/c1-14(2)22-19-10-24(16(5)6)9-18(19)13-26-21-12-25(17(7)8)11-20(21)23-15(3)4/h14-23H,9-13H2,1-8H3/t18-,19+,20+,21?/m1/s1. The van der Waals surface area contributed by atoms with E-state index in [1.54, 1.807) is 0 Å². The Morgan fingerprint density at radius 1 is 0.731 bits per heavy atom. The van der Waals surface area contributed by atoms with Gasteiger partial charge in [0.1, 0.15) is 0 Å². The summed E-state index contributed by atoms with van der Waals surface area (Å²) in [5.74, 6) is 0.576. The van der Waals surface area contributed by atoms with Crippen LogP contribution in [0.25, 0.3) is 0 Å². The molecular weight excluding hydrogens is 324 g/mol. The van der Waals surface area contributed by atoms with Crippen molar-refractivity contribution in [2.24, 2.45) is 5.92 Å². The summed E-state index contributed by atoms with van der Waals surface area (Å²) in [6, 6.07) is 3.19. The van der Waals surface area contributed by atoms with Crippen LogP contribution >= 0.6 is 0 Å². The number of hydrogen-bond donors (Lipinski definition) is 2. The van der Waals surface area contributed by atoms with Crippen LogP contribution in [-0.4, -0.2) is 84.9 Å². The molecular formula is C21H44N4O. The van der Waals surface area contributed by atoms with E-state index in [9.17, 15) is 0 Å². The third-order valence-corrected chi connectivity index (χ3v) is 5.84. The smallest absolute Gasteiger partial charge is 0.0867 e. The molecule has 0 radical (unpaired) electrons. The van der Waals surface area contributed by atoms with Crippen LogP contribution in [0, 0.1) is 5.92 Å². The van der Waals surface area contributed by atoms with E-state index in [2.05, 4.69) is 75.8 Å². The van der Waals surface area contributed by atoms with Crippen molar-refractivity contribution in [1.29, 1.82) is 0 Å². The lowest BCUT2D eigenvalue weighted by molar-refractivity contribution is 0.0161. The van der Waals surface area contributed by atoms with Crippen molar-refractivity contribution >= 4 is 0 Å². The molecule has 1 unspecified atom stereocenters. The average Bonchev–Trinajstić information content (AvgIpc) is 3.08. The van der Waals surface area contributed by atoms with Crippen LogP contribution in [0.2, 0.25) is 0 Å². The molecule has 0 aliphatic carbocycles. The van der Waals surface area contributed by atoms with Gasteiger partial charge in [-0.1, -0.05) is 27.7 Å². The summed E-state index contributed by atoms with van der Waals surface area (Å²) in [6.07, 6.45) is 0.299. The maximum absolute atomic E-state index is 6.55. The Hall–Kier alpha value is -0.200. The first-order valence-corrected chi connectivity index (χ1v) is 10.8. The summed E-state index contributed by atoms with van der Waals surface area (Å²) in [6.45, 7) is 23.4. The van der Waals surface area contributed by atoms with Crippen molar-refractivity contribution in [2.75, 3.05) is 32.8 Å². The minimum atomic E-state index is 0.299. The van der Waals surface area contributed by atoms with E-state index in [0.717, 1.165) is 32.8 Å². The normalized spacial score (nSPS) is 31.4. The number of hydrogen-bond acceptors (Lipinski definition) is 5. The molecule has 2 saturated heterocycles. The lowest BCUT2D eigenvalue weighted by Gasteiger charge is -2.26. The van der Waals surface area contributed by atoms with Crippen LogP contribution < -0.4 is 10.6 Å². The van der Waals surface area contributed by atoms with E-state index in [1.807, 2.05) is 0 Å². The Morgan fingerprint density at radius 3 is 1.77 bits per heavy atom. The van der Waals surface area contributed by atoms with Gasteiger partial charge in [-0.15, -0.1) is 0 Å². The molecule has 2 heterocycles. The van der Waals surface area contributed by atoms with Crippen LogP contribution in [-0.2, 0) is 4.74 Å². The molecule has 5 heteroatoms. The number of ether oxygens (including phenoxy) is 1. The predicted molar refractivity (Wildman–Crippen MR) is 111 cm³/mol. The van der Waals surface area contributed by atoms with Crippen LogP contribution in [0.3, 0.4) is 0 Å². The molecule has 0 saturated carbocycles. The molecule has 154 valence electrons. The summed E-state index contributed by atoms with van der Waals surface area (Å²) in [5.41, 5.74) is 0. The molecule has 26 heavy (non-hydrogen) atoms. The molecule has 0 spiro atoms. The van der Waals surface area contributed by atoms with Crippen molar-refractivity contribution < 1.29 is 4.74 Å². The van der Waals surface area contributed by atoms with E-state index >= 15 is 0 Å². The summed E-state index contributed by atoms with van der Waals surface area (Å²) in [7, 11) is 0. The largest absolute Gasteiger partial charge is 0.375 e. The molecule has 2 N–H and O–H groups in total. The second kappa shape index (κ2) is 9.83. The lowest BCUT2D eigenvalue weighted by atomic mass is 10.0. The summed E-state index contributed by atoms with van der Waals surface area (Å²) in [5, 5.41) is 7.50. The first kappa shape index (κ1) is 22.1. The van der Waals surface area contributed by atoms with Crippen LogP contribution in [0.5, 0.6) is 0 Å². The molecule has 0 aromatic rings. The van der Waals surface area contributed by atoms with Gasteiger partial charge in [0, 0.05) is 68.3 Å². The second-order valence-corrected chi connectivity index (χ2v) is 9.58. The van der Waals surface area contributed by atoms with Gasteiger partial charge < -0.3 is 15.4 Å². The Bertz CT molecular complexity index is 375. The molecule has 2 rings (SSSR count). The maximum Gasteiger partial charge on any atom is 0.0867 e. The van der Waals surface area contributed by atoms with Crippen molar-refractivity contribution in [2.45, 2.75) is 97.7 Å². The maximum atomic E-state index is 6.55. The fourth-order valence-electron chi connectivity index (χ4n) is 4.34. The second-order valence-electron chi connectivity index (χ2n) is 9.58. The first-order valence-electron chi connectivity index (χ1n) is 10.8.